The zero-order chi connectivity index (χ0) is 12.5. The van der Waals surface area contributed by atoms with Gasteiger partial charge in [0, 0.05) is 12.8 Å². The van der Waals surface area contributed by atoms with E-state index in [-0.39, 0.29) is 17.2 Å². The third-order valence-electron chi connectivity index (χ3n) is 3.36. The highest BCUT2D eigenvalue weighted by Gasteiger charge is 2.37. The van der Waals surface area contributed by atoms with Gasteiger partial charge >= 0.3 is 5.97 Å². The van der Waals surface area contributed by atoms with Gasteiger partial charge in [0.25, 0.3) is 0 Å². The van der Waals surface area contributed by atoms with E-state index in [4.69, 9.17) is 9.84 Å². The van der Waals surface area contributed by atoms with Crippen LogP contribution < -0.4 is 5.32 Å². The van der Waals surface area contributed by atoms with Crippen LogP contribution in [0.3, 0.4) is 0 Å². The number of pyridine rings is 1. The smallest absolute Gasteiger partial charge is 0.337 e. The lowest BCUT2D eigenvalue weighted by Crippen LogP contribution is -2.41. The standard InChI is InChI=1S/C12H16N2O3/c1-8-12(2,4-6-17-8)14-10-7-13-5-3-9(10)11(15)16/h3,5,7-8,14H,4,6H2,1-2H3,(H,15,16). The number of hydrogen-bond donors (Lipinski definition) is 2. The van der Waals surface area contributed by atoms with Crippen LogP contribution in [0.4, 0.5) is 5.69 Å². The number of hydrogen-bond acceptors (Lipinski definition) is 4. The molecule has 1 aromatic heterocycles. The molecular weight excluding hydrogens is 220 g/mol. The van der Waals surface area contributed by atoms with Gasteiger partial charge in [0.15, 0.2) is 0 Å². The predicted molar refractivity (Wildman–Crippen MR) is 63.3 cm³/mol. The Morgan fingerprint density at radius 1 is 1.71 bits per heavy atom. The zero-order valence-electron chi connectivity index (χ0n) is 9.93. The molecule has 5 nitrogen and oxygen atoms in total. The Morgan fingerprint density at radius 3 is 3.06 bits per heavy atom. The van der Waals surface area contributed by atoms with Crippen molar-refractivity contribution in [2.75, 3.05) is 11.9 Å². The summed E-state index contributed by atoms with van der Waals surface area (Å²) in [5, 5.41) is 12.3. The van der Waals surface area contributed by atoms with Gasteiger partial charge in [0.1, 0.15) is 0 Å². The molecule has 0 bridgehead atoms. The molecule has 2 N–H and O–H groups in total. The van der Waals surface area contributed by atoms with Crippen LogP contribution in [-0.4, -0.2) is 34.3 Å². The molecule has 92 valence electrons. The number of nitrogens with one attached hydrogen (secondary N) is 1. The molecule has 1 aliphatic rings. The van der Waals surface area contributed by atoms with Gasteiger partial charge in [0.05, 0.1) is 29.1 Å². The fourth-order valence-electron chi connectivity index (χ4n) is 1.99. The summed E-state index contributed by atoms with van der Waals surface area (Å²) >= 11 is 0. The van der Waals surface area contributed by atoms with Crippen LogP contribution >= 0.6 is 0 Å². The topological polar surface area (TPSA) is 71.5 Å². The van der Waals surface area contributed by atoms with E-state index in [0.717, 1.165) is 6.42 Å². The van der Waals surface area contributed by atoms with Gasteiger partial charge in [-0.1, -0.05) is 0 Å². The van der Waals surface area contributed by atoms with Gasteiger partial charge in [-0.3, -0.25) is 4.98 Å². The quantitative estimate of drug-likeness (QED) is 0.836. The molecule has 1 aliphatic heterocycles. The molecule has 0 radical (unpaired) electrons. The summed E-state index contributed by atoms with van der Waals surface area (Å²) in [6.07, 6.45) is 3.91. The number of ether oxygens (including phenoxy) is 1. The van der Waals surface area contributed by atoms with E-state index in [1.165, 1.54) is 12.3 Å². The zero-order valence-corrected chi connectivity index (χ0v) is 9.93. The molecule has 0 aliphatic carbocycles. The molecule has 17 heavy (non-hydrogen) atoms. The van der Waals surface area contributed by atoms with E-state index in [1.807, 2.05) is 13.8 Å². The first kappa shape index (κ1) is 11.9. The molecular formula is C12H16N2O3. The van der Waals surface area contributed by atoms with E-state index >= 15 is 0 Å². The lowest BCUT2D eigenvalue weighted by molar-refractivity contribution is 0.0697. The van der Waals surface area contributed by atoms with Crippen LogP contribution in [0.1, 0.15) is 30.6 Å². The fraction of sp³-hybridized carbons (Fsp3) is 0.500. The summed E-state index contributed by atoms with van der Waals surface area (Å²) in [6.45, 7) is 4.70. The molecule has 0 amide bonds. The van der Waals surface area contributed by atoms with Gasteiger partial charge in [0.2, 0.25) is 0 Å². The largest absolute Gasteiger partial charge is 0.478 e. The average molecular weight is 236 g/mol. The van der Waals surface area contributed by atoms with Crippen molar-refractivity contribution >= 4 is 11.7 Å². The number of aromatic carboxylic acids is 1. The minimum Gasteiger partial charge on any atom is -0.478 e. The fourth-order valence-corrected chi connectivity index (χ4v) is 1.99. The molecule has 1 aromatic rings. The second kappa shape index (κ2) is 4.33. The summed E-state index contributed by atoms with van der Waals surface area (Å²) in [5.74, 6) is -0.954. The molecule has 0 aromatic carbocycles. The second-order valence-corrected chi connectivity index (χ2v) is 4.53. The highest BCUT2D eigenvalue weighted by atomic mass is 16.5. The van der Waals surface area contributed by atoms with Crippen molar-refractivity contribution in [1.29, 1.82) is 0 Å². The number of carboxylic acids is 1. The molecule has 1 saturated heterocycles. The van der Waals surface area contributed by atoms with E-state index in [1.54, 1.807) is 6.20 Å². The molecule has 5 heteroatoms. The van der Waals surface area contributed by atoms with Crippen molar-refractivity contribution in [1.82, 2.24) is 4.98 Å². The summed E-state index contributed by atoms with van der Waals surface area (Å²) in [6, 6.07) is 1.49. The summed E-state index contributed by atoms with van der Waals surface area (Å²) in [5.41, 5.74) is 0.535. The van der Waals surface area contributed by atoms with Crippen molar-refractivity contribution in [3.63, 3.8) is 0 Å². The third kappa shape index (κ3) is 2.24. The molecule has 2 rings (SSSR count). The van der Waals surface area contributed by atoms with Crippen molar-refractivity contribution in [2.45, 2.75) is 31.9 Å². The second-order valence-electron chi connectivity index (χ2n) is 4.53. The van der Waals surface area contributed by atoms with E-state index in [2.05, 4.69) is 10.3 Å². The Morgan fingerprint density at radius 2 is 2.47 bits per heavy atom. The maximum Gasteiger partial charge on any atom is 0.337 e. The summed E-state index contributed by atoms with van der Waals surface area (Å²) in [4.78, 5) is 15.0. The maximum absolute atomic E-state index is 11.1. The van der Waals surface area contributed by atoms with E-state index < -0.39 is 5.97 Å². The average Bonchev–Trinajstić information content (AvgIpc) is 2.59. The van der Waals surface area contributed by atoms with Crippen molar-refractivity contribution in [3.05, 3.63) is 24.0 Å². The van der Waals surface area contributed by atoms with Crippen LogP contribution in [0.5, 0.6) is 0 Å². The lowest BCUT2D eigenvalue weighted by atomic mass is 9.94. The summed E-state index contributed by atoms with van der Waals surface area (Å²) in [7, 11) is 0. The number of anilines is 1. The molecule has 2 atom stereocenters. The molecule has 0 saturated carbocycles. The minimum atomic E-state index is -0.954. The number of carboxylic acid groups (broad SMARTS) is 1. The molecule has 1 fully saturated rings. The van der Waals surface area contributed by atoms with Crippen molar-refractivity contribution < 1.29 is 14.6 Å². The van der Waals surface area contributed by atoms with E-state index in [0.29, 0.717) is 12.3 Å². The SMILES string of the molecule is CC1OCCC1(C)Nc1cnccc1C(=O)O. The third-order valence-corrected chi connectivity index (χ3v) is 3.36. The molecule has 2 heterocycles. The monoisotopic (exact) mass is 236 g/mol. The normalized spacial score (nSPS) is 28.0. The lowest BCUT2D eigenvalue weighted by Gasteiger charge is -2.30. The highest BCUT2D eigenvalue weighted by Crippen LogP contribution is 2.30. The Kier molecular flexibility index (Phi) is 3.02. The first-order valence-electron chi connectivity index (χ1n) is 5.60. The Balaban J connectivity index is 2.27. The predicted octanol–water partition coefficient (Wildman–Crippen LogP) is 1.76. The van der Waals surface area contributed by atoms with Gasteiger partial charge in [-0.15, -0.1) is 0 Å². The van der Waals surface area contributed by atoms with Gasteiger partial charge in [-0.05, 0) is 26.3 Å². The highest BCUT2D eigenvalue weighted by molar-refractivity contribution is 5.94. The Labute approximate surface area is 99.8 Å². The number of rotatable bonds is 3. The number of nitrogens with zero attached hydrogens (tertiary/aromatic N) is 1. The Bertz CT molecular complexity index is 436. The van der Waals surface area contributed by atoms with Crippen LogP contribution in [-0.2, 0) is 4.74 Å². The molecule has 0 spiro atoms. The van der Waals surface area contributed by atoms with Crippen molar-refractivity contribution in [3.8, 4) is 0 Å². The Hall–Kier alpha value is -1.62. The van der Waals surface area contributed by atoms with Crippen LogP contribution in [0, 0.1) is 0 Å². The summed E-state index contributed by atoms with van der Waals surface area (Å²) < 4.78 is 5.51. The number of carbonyl (C=O) groups is 1. The van der Waals surface area contributed by atoms with Crippen LogP contribution in [0.25, 0.3) is 0 Å². The maximum atomic E-state index is 11.1. The van der Waals surface area contributed by atoms with Gasteiger partial charge in [-0.25, -0.2) is 4.79 Å². The first-order valence-corrected chi connectivity index (χ1v) is 5.60. The van der Waals surface area contributed by atoms with E-state index in [9.17, 15) is 4.79 Å². The minimum absolute atomic E-state index is 0.0457. The van der Waals surface area contributed by atoms with Crippen LogP contribution in [0.2, 0.25) is 0 Å². The van der Waals surface area contributed by atoms with Crippen LogP contribution in [0.15, 0.2) is 18.5 Å². The number of aromatic nitrogens is 1. The molecule has 2 unspecified atom stereocenters. The van der Waals surface area contributed by atoms with Crippen molar-refractivity contribution in [2.24, 2.45) is 0 Å². The first-order chi connectivity index (χ1) is 8.03. The van der Waals surface area contributed by atoms with Gasteiger partial charge < -0.3 is 15.2 Å². The van der Waals surface area contributed by atoms with Gasteiger partial charge in [-0.2, -0.15) is 0 Å².